The third-order valence-electron chi connectivity index (χ3n) is 7.41. The number of hydrogen-bond acceptors (Lipinski definition) is 9. The van der Waals surface area contributed by atoms with E-state index in [-0.39, 0.29) is 34.6 Å². The summed E-state index contributed by atoms with van der Waals surface area (Å²) in [6.45, 7) is 2.75. The highest BCUT2D eigenvalue weighted by Crippen LogP contribution is 2.34. The highest BCUT2D eigenvalue weighted by molar-refractivity contribution is 7.96. The van der Waals surface area contributed by atoms with Crippen molar-refractivity contribution in [1.29, 1.82) is 0 Å². The molecule has 1 unspecified atom stereocenters. The molecule has 10 nitrogen and oxygen atoms in total. The van der Waals surface area contributed by atoms with Crippen molar-refractivity contribution in [3.8, 4) is 22.9 Å². The van der Waals surface area contributed by atoms with E-state index in [1.807, 2.05) is 13.2 Å². The topological polar surface area (TPSA) is 120 Å². The zero-order valence-electron chi connectivity index (χ0n) is 24.2. The third kappa shape index (κ3) is 6.30. The van der Waals surface area contributed by atoms with Gasteiger partial charge in [0.05, 0.1) is 34.9 Å². The first-order valence-corrected chi connectivity index (χ1v) is 15.1. The number of aryl methyl sites for hydroxylation is 1. The molecule has 45 heavy (non-hydrogen) atoms. The highest BCUT2D eigenvalue weighted by Gasteiger charge is 2.27. The number of hydrogen-bond donors (Lipinski definition) is 3. The summed E-state index contributed by atoms with van der Waals surface area (Å²) in [7, 11) is 0. The molecule has 2 aromatic heterocycles. The zero-order chi connectivity index (χ0) is 31.7. The molecule has 1 aliphatic rings. The largest absolute Gasteiger partial charge is 0.486 e. The summed E-state index contributed by atoms with van der Waals surface area (Å²) in [4.78, 5) is 19.9. The number of alkyl halides is 1. The number of aromatic amines is 1. The van der Waals surface area contributed by atoms with Crippen LogP contribution in [0.2, 0.25) is 0 Å². The second-order valence-electron chi connectivity index (χ2n) is 10.5. The van der Waals surface area contributed by atoms with Crippen molar-refractivity contribution >= 4 is 40.1 Å². The van der Waals surface area contributed by atoms with Crippen LogP contribution in [-0.2, 0) is 4.94 Å². The lowest BCUT2D eigenvalue weighted by atomic mass is 10.1. The molecule has 1 saturated heterocycles. The minimum absolute atomic E-state index is 0.0988. The molecule has 1 aliphatic heterocycles. The minimum Gasteiger partial charge on any atom is -0.486 e. The first kappa shape index (κ1) is 30.4. The smallest absolute Gasteiger partial charge is 0.270 e. The van der Waals surface area contributed by atoms with Gasteiger partial charge in [0.1, 0.15) is 23.9 Å². The van der Waals surface area contributed by atoms with Gasteiger partial charge >= 0.3 is 0 Å². The Morgan fingerprint density at radius 1 is 1.18 bits per heavy atom. The maximum absolute atomic E-state index is 14.0. The molecule has 3 aromatic carbocycles. The summed E-state index contributed by atoms with van der Waals surface area (Å²) >= 11 is 1.63. The molecule has 6 rings (SSSR count). The van der Waals surface area contributed by atoms with Crippen LogP contribution in [0.15, 0.2) is 66.9 Å². The van der Waals surface area contributed by atoms with Gasteiger partial charge in [0.2, 0.25) is 5.78 Å². The van der Waals surface area contributed by atoms with Gasteiger partial charge in [-0.25, -0.2) is 17.8 Å². The molecule has 0 aliphatic carbocycles. The summed E-state index contributed by atoms with van der Waals surface area (Å²) in [6.07, 6.45) is 1.14. The average molecular weight is 639 g/mol. The van der Waals surface area contributed by atoms with Crippen LogP contribution in [0.25, 0.3) is 16.6 Å². The number of carbonyl (C=O) groups is 1. The number of anilines is 2. The van der Waals surface area contributed by atoms with Crippen LogP contribution in [0, 0.1) is 12.7 Å². The van der Waals surface area contributed by atoms with Crippen molar-refractivity contribution in [1.82, 2.24) is 19.1 Å². The summed E-state index contributed by atoms with van der Waals surface area (Å²) in [5, 5.41) is 8.34. The van der Waals surface area contributed by atoms with Gasteiger partial charge in [0, 0.05) is 24.0 Å². The van der Waals surface area contributed by atoms with Gasteiger partial charge in [-0.1, -0.05) is 24.1 Å². The van der Waals surface area contributed by atoms with Crippen molar-refractivity contribution in [2.75, 3.05) is 37.0 Å². The Morgan fingerprint density at radius 3 is 2.71 bits per heavy atom. The van der Waals surface area contributed by atoms with Crippen LogP contribution >= 0.6 is 11.9 Å². The van der Waals surface area contributed by atoms with Crippen molar-refractivity contribution in [2.24, 2.45) is 0 Å². The lowest BCUT2D eigenvalue weighted by Crippen LogP contribution is -2.50. The number of nitrogen functional groups attached to an aromatic ring is 1. The predicted octanol–water partition coefficient (Wildman–Crippen LogP) is 6.36. The van der Waals surface area contributed by atoms with Crippen LogP contribution in [-0.4, -0.2) is 63.2 Å². The number of carbonyl (C=O) groups excluding carboxylic acids is 1. The molecule has 234 valence electrons. The van der Waals surface area contributed by atoms with Crippen molar-refractivity contribution in [3.05, 3.63) is 89.5 Å². The molecule has 0 saturated carbocycles. The monoisotopic (exact) mass is 638 g/mol. The lowest BCUT2D eigenvalue weighted by molar-refractivity contribution is -0.233. The Kier molecular flexibility index (Phi) is 8.61. The molecule has 3 heterocycles. The first-order valence-electron chi connectivity index (χ1n) is 13.9. The van der Waals surface area contributed by atoms with Gasteiger partial charge in [-0.2, -0.15) is 10.0 Å². The average Bonchev–Trinajstić information content (AvgIpc) is 3.61. The third-order valence-corrected chi connectivity index (χ3v) is 8.22. The van der Waals surface area contributed by atoms with Crippen molar-refractivity contribution in [3.63, 3.8) is 0 Å². The van der Waals surface area contributed by atoms with Gasteiger partial charge in [0.25, 0.3) is 6.36 Å². The van der Waals surface area contributed by atoms with Crippen LogP contribution in [0.5, 0.6) is 17.2 Å². The standard InChI is InChI=1S/C31H29F3N6O4S/c1-17-9-20(43-27-6-4-3-5-22(27)32)7-8-26(17)40-31(35)21(13-36-40)30(41)25-10-18-11-28(42-16-29(33)44-34)24(12-23(18)38-25)37-19-14-39(15-19)45-2/h3-13,19,29,37-38H,14-16,35H2,1-2H3. The maximum atomic E-state index is 14.0. The number of nitrogens with one attached hydrogen (secondary N) is 2. The number of nitrogens with zero attached hydrogens (tertiary/aromatic N) is 3. The number of halogens is 3. The van der Waals surface area contributed by atoms with Crippen molar-refractivity contribution in [2.45, 2.75) is 19.3 Å². The van der Waals surface area contributed by atoms with Crippen LogP contribution < -0.4 is 20.5 Å². The number of rotatable bonds is 12. The molecule has 14 heteroatoms. The first-order chi connectivity index (χ1) is 21.7. The van der Waals surface area contributed by atoms with E-state index >= 15 is 0 Å². The number of benzene rings is 3. The number of aromatic nitrogens is 3. The maximum Gasteiger partial charge on any atom is 0.270 e. The normalized spacial score (nSPS) is 14.3. The molecule has 4 N–H and O–H groups in total. The fourth-order valence-electron chi connectivity index (χ4n) is 5.05. The minimum atomic E-state index is -2.24. The Balaban J connectivity index is 1.25. The number of ketones is 1. The van der Waals surface area contributed by atoms with Crippen molar-refractivity contribution < 1.29 is 32.5 Å². The highest BCUT2D eigenvalue weighted by atomic mass is 32.2. The Hall–Kier alpha value is -4.66. The van der Waals surface area contributed by atoms with Crippen LogP contribution in [0.4, 0.5) is 24.8 Å². The van der Waals surface area contributed by atoms with Gasteiger partial charge in [-0.3, -0.25) is 4.79 Å². The second-order valence-corrected chi connectivity index (χ2v) is 11.3. The molecule has 0 bridgehead atoms. The van der Waals surface area contributed by atoms with E-state index in [4.69, 9.17) is 15.2 Å². The number of nitrogens with two attached hydrogens (primary N) is 1. The summed E-state index contributed by atoms with van der Waals surface area (Å²) < 4.78 is 54.6. The molecule has 1 atom stereocenters. The Bertz CT molecular complexity index is 1860. The lowest BCUT2D eigenvalue weighted by Gasteiger charge is -2.38. The SMILES string of the molecule is CSN1CC(Nc2cc3[nH]c(C(=O)c4cnn(-c5ccc(Oc6ccccc6F)cc5C)c4N)cc3cc2OCC(F)OF)C1. The summed E-state index contributed by atoms with van der Waals surface area (Å²) in [5.41, 5.74) is 9.37. The molecule has 0 amide bonds. The van der Waals surface area contributed by atoms with Crippen LogP contribution in [0.1, 0.15) is 21.6 Å². The number of fused-ring (bicyclic) bond motifs is 1. The van der Waals surface area contributed by atoms with Gasteiger partial charge in [0.15, 0.2) is 11.6 Å². The molecule has 1 fully saturated rings. The van der Waals surface area contributed by atoms with Gasteiger partial charge < -0.3 is 25.5 Å². The molecular formula is C31H29F3N6O4S. The van der Waals surface area contributed by atoms with Crippen LogP contribution in [0.3, 0.4) is 0 Å². The van der Waals surface area contributed by atoms with Gasteiger partial charge in [-0.15, -0.1) is 0 Å². The van der Waals surface area contributed by atoms with E-state index in [1.165, 1.54) is 23.0 Å². The summed E-state index contributed by atoms with van der Waals surface area (Å²) in [6, 6.07) is 16.4. The molecular weight excluding hydrogens is 609 g/mol. The Morgan fingerprint density at radius 2 is 1.98 bits per heavy atom. The number of H-pyrrole nitrogens is 1. The second kappa shape index (κ2) is 12.8. The Labute approximate surface area is 260 Å². The molecule has 0 radical (unpaired) electrons. The van der Waals surface area contributed by atoms with Gasteiger partial charge in [-0.05, 0) is 71.8 Å². The number of para-hydroxylation sites is 1. The van der Waals surface area contributed by atoms with E-state index in [9.17, 15) is 18.1 Å². The fourth-order valence-corrected chi connectivity index (χ4v) is 5.71. The van der Waals surface area contributed by atoms with E-state index in [1.54, 1.807) is 60.5 Å². The molecule has 5 aromatic rings. The van der Waals surface area contributed by atoms with E-state index in [2.05, 4.69) is 24.6 Å². The van der Waals surface area contributed by atoms with E-state index < -0.39 is 24.6 Å². The predicted molar refractivity (Wildman–Crippen MR) is 166 cm³/mol. The fraction of sp³-hybridized carbons (Fsp3) is 0.226. The van der Waals surface area contributed by atoms with E-state index in [0.717, 1.165) is 18.7 Å². The number of ether oxygens (including phenoxy) is 2. The zero-order valence-corrected chi connectivity index (χ0v) is 25.0. The van der Waals surface area contributed by atoms with E-state index in [0.29, 0.717) is 28.0 Å². The molecule has 0 spiro atoms. The summed E-state index contributed by atoms with van der Waals surface area (Å²) in [5.74, 6) is 0.0620. The quantitative estimate of drug-likeness (QED) is 0.106.